The van der Waals surface area contributed by atoms with Gasteiger partial charge in [0.15, 0.2) is 0 Å². The second kappa shape index (κ2) is 5.40. The molecule has 2 aromatic rings. The number of aryl methyl sites for hydroxylation is 1. The maximum Gasteiger partial charge on any atom is 0.339 e. The molecule has 0 saturated heterocycles. The van der Waals surface area contributed by atoms with Crippen LogP contribution in [0.25, 0.3) is 0 Å². The fourth-order valence-corrected chi connectivity index (χ4v) is 2.24. The molecule has 4 nitrogen and oxygen atoms in total. The first kappa shape index (κ1) is 13.5. The number of halogens is 1. The van der Waals surface area contributed by atoms with Gasteiger partial charge in [0, 0.05) is 23.4 Å². The zero-order chi connectivity index (χ0) is 14.0. The molecule has 0 aliphatic carbocycles. The van der Waals surface area contributed by atoms with Crippen molar-refractivity contribution >= 4 is 33.4 Å². The third kappa shape index (κ3) is 2.76. The van der Waals surface area contributed by atoms with E-state index in [1.807, 2.05) is 38.2 Å². The second-order valence-corrected chi connectivity index (χ2v) is 5.09. The molecule has 5 heteroatoms. The first-order valence-electron chi connectivity index (χ1n) is 5.69. The van der Waals surface area contributed by atoms with Crippen LogP contribution in [0.3, 0.4) is 0 Å². The van der Waals surface area contributed by atoms with Gasteiger partial charge in [-0.25, -0.2) is 9.78 Å². The second-order valence-electron chi connectivity index (χ2n) is 4.18. The van der Waals surface area contributed by atoms with Crippen molar-refractivity contribution in [3.63, 3.8) is 0 Å². The Morgan fingerprint density at radius 1 is 1.37 bits per heavy atom. The van der Waals surface area contributed by atoms with E-state index in [1.54, 1.807) is 17.2 Å². The molecule has 1 aromatic carbocycles. The highest BCUT2D eigenvalue weighted by atomic mass is 79.9. The van der Waals surface area contributed by atoms with E-state index in [4.69, 9.17) is 0 Å². The number of hydrogen-bond donors (Lipinski definition) is 1. The Bertz CT molecular complexity index is 629. The minimum absolute atomic E-state index is 0.167. The minimum atomic E-state index is -0.996. The molecule has 19 heavy (non-hydrogen) atoms. The minimum Gasteiger partial charge on any atom is -0.478 e. The molecule has 0 fully saturated rings. The predicted molar refractivity (Wildman–Crippen MR) is 78.1 cm³/mol. The zero-order valence-electron chi connectivity index (χ0n) is 10.6. The van der Waals surface area contributed by atoms with Gasteiger partial charge in [0.05, 0.1) is 0 Å². The fourth-order valence-electron chi connectivity index (χ4n) is 1.91. The normalized spacial score (nSPS) is 10.3. The summed E-state index contributed by atoms with van der Waals surface area (Å²) in [5.41, 5.74) is 2.16. The molecular weight excluding hydrogens is 308 g/mol. The van der Waals surface area contributed by atoms with Crippen LogP contribution in [0, 0.1) is 6.92 Å². The molecule has 1 N–H and O–H groups in total. The number of nitrogens with zero attached hydrogens (tertiary/aromatic N) is 2. The van der Waals surface area contributed by atoms with Crippen LogP contribution in [0.4, 0.5) is 11.5 Å². The van der Waals surface area contributed by atoms with Crippen LogP contribution in [0.2, 0.25) is 0 Å². The van der Waals surface area contributed by atoms with Gasteiger partial charge < -0.3 is 10.0 Å². The lowest BCUT2D eigenvalue weighted by atomic mass is 10.1. The Morgan fingerprint density at radius 3 is 2.68 bits per heavy atom. The lowest BCUT2D eigenvalue weighted by Crippen LogP contribution is -2.16. The Kier molecular flexibility index (Phi) is 3.85. The van der Waals surface area contributed by atoms with Crippen molar-refractivity contribution in [1.29, 1.82) is 0 Å². The summed E-state index contributed by atoms with van der Waals surface area (Å²) in [6, 6.07) is 9.33. The molecule has 0 atom stereocenters. The van der Waals surface area contributed by atoms with E-state index >= 15 is 0 Å². The molecule has 1 heterocycles. The van der Waals surface area contributed by atoms with Crippen LogP contribution in [0.15, 0.2) is 41.0 Å². The summed E-state index contributed by atoms with van der Waals surface area (Å²) in [7, 11) is 1.81. The van der Waals surface area contributed by atoms with Crippen LogP contribution in [-0.2, 0) is 0 Å². The molecule has 0 aliphatic rings. The topological polar surface area (TPSA) is 53.4 Å². The van der Waals surface area contributed by atoms with Crippen LogP contribution >= 0.6 is 15.9 Å². The van der Waals surface area contributed by atoms with Crippen molar-refractivity contribution in [2.75, 3.05) is 11.9 Å². The van der Waals surface area contributed by atoms with Gasteiger partial charge in [-0.3, -0.25) is 0 Å². The largest absolute Gasteiger partial charge is 0.478 e. The smallest absolute Gasteiger partial charge is 0.339 e. The van der Waals surface area contributed by atoms with Gasteiger partial charge in [-0.05, 0) is 40.5 Å². The summed E-state index contributed by atoms with van der Waals surface area (Å²) in [5, 5.41) is 9.27. The Labute approximate surface area is 119 Å². The van der Waals surface area contributed by atoms with Gasteiger partial charge in [0.2, 0.25) is 0 Å². The highest BCUT2D eigenvalue weighted by molar-refractivity contribution is 9.10. The summed E-state index contributed by atoms with van der Waals surface area (Å²) < 4.78 is 0.645. The zero-order valence-corrected chi connectivity index (χ0v) is 12.2. The number of carboxylic acid groups (broad SMARTS) is 1. The maximum atomic E-state index is 11.3. The Balaban J connectivity index is 2.53. The van der Waals surface area contributed by atoms with E-state index in [0.29, 0.717) is 10.3 Å². The summed E-state index contributed by atoms with van der Waals surface area (Å²) in [4.78, 5) is 17.3. The number of benzene rings is 1. The highest BCUT2D eigenvalue weighted by Crippen LogP contribution is 2.29. The molecule has 2 rings (SSSR count). The number of carboxylic acids is 1. The molecule has 0 amide bonds. The van der Waals surface area contributed by atoms with Crippen molar-refractivity contribution in [2.45, 2.75) is 6.92 Å². The molecule has 0 saturated carbocycles. The standard InChI is InChI=1S/C14H13BrN2O2/c1-9-5-3-4-6-12(9)17(2)13-11(14(18)19)7-10(15)8-16-13/h3-8H,1-2H3,(H,18,19). The molecule has 0 radical (unpaired) electrons. The number of hydrogen-bond acceptors (Lipinski definition) is 3. The summed E-state index contributed by atoms with van der Waals surface area (Å²) in [6.45, 7) is 1.98. The van der Waals surface area contributed by atoms with Crippen LogP contribution in [-0.4, -0.2) is 23.1 Å². The van der Waals surface area contributed by atoms with Gasteiger partial charge in [0.25, 0.3) is 0 Å². The van der Waals surface area contributed by atoms with E-state index in [0.717, 1.165) is 11.3 Å². The third-order valence-corrected chi connectivity index (χ3v) is 3.29. The Morgan fingerprint density at radius 2 is 2.05 bits per heavy atom. The lowest BCUT2D eigenvalue weighted by molar-refractivity contribution is 0.0697. The predicted octanol–water partition coefficient (Wildman–Crippen LogP) is 3.62. The van der Waals surface area contributed by atoms with Crippen LogP contribution in [0.1, 0.15) is 15.9 Å². The quantitative estimate of drug-likeness (QED) is 0.938. The molecule has 98 valence electrons. The number of pyridine rings is 1. The SMILES string of the molecule is Cc1ccccc1N(C)c1ncc(Br)cc1C(=O)O. The third-order valence-electron chi connectivity index (χ3n) is 2.86. The van der Waals surface area contributed by atoms with Gasteiger partial charge >= 0.3 is 5.97 Å². The molecule has 0 unspecified atom stereocenters. The number of anilines is 2. The van der Waals surface area contributed by atoms with E-state index in [2.05, 4.69) is 20.9 Å². The van der Waals surface area contributed by atoms with Crippen molar-refractivity contribution in [3.8, 4) is 0 Å². The lowest BCUT2D eigenvalue weighted by Gasteiger charge is -2.22. The van der Waals surface area contributed by atoms with Gasteiger partial charge in [-0.2, -0.15) is 0 Å². The van der Waals surface area contributed by atoms with Crippen molar-refractivity contribution in [3.05, 3.63) is 52.1 Å². The van der Waals surface area contributed by atoms with Crippen molar-refractivity contribution in [2.24, 2.45) is 0 Å². The van der Waals surface area contributed by atoms with E-state index in [1.165, 1.54) is 0 Å². The fraction of sp³-hybridized carbons (Fsp3) is 0.143. The maximum absolute atomic E-state index is 11.3. The van der Waals surface area contributed by atoms with Gasteiger partial charge in [-0.1, -0.05) is 18.2 Å². The van der Waals surface area contributed by atoms with E-state index in [-0.39, 0.29) is 5.56 Å². The molecule has 0 spiro atoms. The number of para-hydroxylation sites is 1. The number of aromatic carboxylic acids is 1. The van der Waals surface area contributed by atoms with E-state index < -0.39 is 5.97 Å². The first-order chi connectivity index (χ1) is 9.00. The average molecular weight is 321 g/mol. The molecule has 0 aliphatic heterocycles. The first-order valence-corrected chi connectivity index (χ1v) is 6.48. The monoisotopic (exact) mass is 320 g/mol. The summed E-state index contributed by atoms with van der Waals surface area (Å²) in [6.07, 6.45) is 1.59. The number of aromatic nitrogens is 1. The van der Waals surface area contributed by atoms with E-state index in [9.17, 15) is 9.90 Å². The van der Waals surface area contributed by atoms with Crippen LogP contribution in [0.5, 0.6) is 0 Å². The Hall–Kier alpha value is -1.88. The molecule has 1 aromatic heterocycles. The molecule has 0 bridgehead atoms. The van der Waals surface area contributed by atoms with Crippen LogP contribution < -0.4 is 4.90 Å². The van der Waals surface area contributed by atoms with Crippen molar-refractivity contribution in [1.82, 2.24) is 4.98 Å². The highest BCUT2D eigenvalue weighted by Gasteiger charge is 2.17. The van der Waals surface area contributed by atoms with Gasteiger partial charge in [0.1, 0.15) is 11.4 Å². The van der Waals surface area contributed by atoms with Crippen molar-refractivity contribution < 1.29 is 9.90 Å². The van der Waals surface area contributed by atoms with Gasteiger partial charge in [-0.15, -0.1) is 0 Å². The summed E-state index contributed by atoms with van der Waals surface area (Å²) in [5.74, 6) is -0.575. The number of carbonyl (C=O) groups is 1. The average Bonchev–Trinajstić information content (AvgIpc) is 2.38. The summed E-state index contributed by atoms with van der Waals surface area (Å²) >= 11 is 3.24. The molecular formula is C14H13BrN2O2. The number of rotatable bonds is 3.